The lowest BCUT2D eigenvalue weighted by atomic mass is 10.00. The molecule has 1 aliphatic rings. The molecule has 0 aliphatic carbocycles. The van der Waals surface area contributed by atoms with Crippen molar-refractivity contribution >= 4 is 22.1 Å². The molecular formula is C20H35O12S-. The van der Waals surface area contributed by atoms with Gasteiger partial charge in [0.1, 0.15) is 36.8 Å². The van der Waals surface area contributed by atoms with Crippen molar-refractivity contribution in [2.24, 2.45) is 0 Å². The van der Waals surface area contributed by atoms with Gasteiger partial charge in [0.15, 0.2) is 12.4 Å². The van der Waals surface area contributed by atoms with Crippen molar-refractivity contribution in [3.63, 3.8) is 0 Å². The topological polar surface area (TPSA) is 186 Å². The molecule has 0 amide bonds. The Morgan fingerprint density at radius 2 is 1.70 bits per heavy atom. The molecule has 0 radical (unpaired) electrons. The summed E-state index contributed by atoms with van der Waals surface area (Å²) in [7, 11) is -4.57. The summed E-state index contributed by atoms with van der Waals surface area (Å²) >= 11 is 0. The third kappa shape index (κ3) is 11.6. The van der Waals surface area contributed by atoms with Crippen LogP contribution in [0.5, 0.6) is 0 Å². The van der Waals surface area contributed by atoms with E-state index in [-0.39, 0.29) is 19.4 Å². The molecule has 1 saturated heterocycles. The third-order valence-electron chi connectivity index (χ3n) is 4.80. The lowest BCUT2D eigenvalue weighted by Crippen LogP contribution is -2.60. The van der Waals surface area contributed by atoms with E-state index in [1.54, 1.807) is 6.92 Å². The Morgan fingerprint density at radius 1 is 1.00 bits per heavy atom. The molecule has 1 heterocycles. The summed E-state index contributed by atoms with van der Waals surface area (Å²) in [5.74, 6) is -2.10. The van der Waals surface area contributed by atoms with Crippen LogP contribution in [-0.2, 0) is 38.7 Å². The Bertz CT molecular complexity index is 697. The molecule has 0 saturated carbocycles. The Balaban J connectivity index is 2.74. The summed E-state index contributed by atoms with van der Waals surface area (Å²) in [6.07, 6.45) is -5.80. The van der Waals surface area contributed by atoms with Gasteiger partial charge in [-0.1, -0.05) is 19.8 Å². The predicted molar refractivity (Wildman–Crippen MR) is 113 cm³/mol. The minimum absolute atomic E-state index is 0.128. The van der Waals surface area contributed by atoms with Crippen molar-refractivity contribution in [2.45, 2.75) is 88.7 Å². The maximum absolute atomic E-state index is 12.1. The number of hydrogen-bond acceptors (Lipinski definition) is 11. The van der Waals surface area contributed by atoms with Gasteiger partial charge in [0.2, 0.25) is 0 Å². The van der Waals surface area contributed by atoms with E-state index in [9.17, 15) is 33.3 Å². The molecule has 1 rings (SSSR count). The van der Waals surface area contributed by atoms with Crippen LogP contribution in [0.15, 0.2) is 0 Å². The van der Waals surface area contributed by atoms with Crippen LogP contribution >= 0.6 is 0 Å². The number of esters is 2. The van der Waals surface area contributed by atoms with E-state index in [1.807, 2.05) is 0 Å². The lowest BCUT2D eigenvalue weighted by Gasteiger charge is -2.40. The fraction of sp³-hybridized carbons (Fsp3) is 0.850. The van der Waals surface area contributed by atoms with Crippen molar-refractivity contribution in [1.82, 2.24) is 0 Å². The highest BCUT2D eigenvalue weighted by molar-refractivity contribution is 7.85. The number of rotatable bonds is 15. The Kier molecular flexibility index (Phi) is 13.3. The standard InChI is InChI=1S/C20H35O12S/c1-3-5-6-7-9-16(22)31-13(10-29-15(21)8-4-2)11-30-20-19(25)18(24)17(23)14(32-20)12-33(26,27)28/h13-14,17-20,23-25H,1,3-12H2,2H3,(H,26,27,28)/q-1/t13-,14-,17-,18+,19-,20+/m1/s1. The molecule has 1 fully saturated rings. The van der Waals surface area contributed by atoms with Gasteiger partial charge in [0.25, 0.3) is 10.1 Å². The molecule has 4 N–H and O–H groups in total. The van der Waals surface area contributed by atoms with E-state index in [4.69, 9.17) is 23.5 Å². The number of aliphatic hydroxyl groups excluding tert-OH is 3. The van der Waals surface area contributed by atoms with Crippen molar-refractivity contribution < 1.29 is 56.8 Å². The molecule has 0 aromatic heterocycles. The number of carbonyl (C=O) groups excluding carboxylic acids is 2. The van der Waals surface area contributed by atoms with Gasteiger partial charge in [-0.2, -0.15) is 14.8 Å². The molecule has 194 valence electrons. The first-order valence-electron chi connectivity index (χ1n) is 10.9. The molecular weight excluding hydrogens is 464 g/mol. The highest BCUT2D eigenvalue weighted by Crippen LogP contribution is 2.23. The largest absolute Gasteiger partial charge is 0.462 e. The van der Waals surface area contributed by atoms with Crippen molar-refractivity contribution in [2.75, 3.05) is 19.0 Å². The normalized spacial score (nSPS) is 26.5. The third-order valence-corrected chi connectivity index (χ3v) is 5.55. The number of aliphatic hydroxyl groups is 3. The average Bonchev–Trinajstić information content (AvgIpc) is 2.73. The number of hydrogen-bond donors (Lipinski definition) is 4. The molecule has 0 aromatic carbocycles. The second kappa shape index (κ2) is 14.8. The zero-order valence-electron chi connectivity index (χ0n) is 18.7. The lowest BCUT2D eigenvalue weighted by molar-refractivity contribution is -0.297. The molecule has 13 heteroatoms. The molecule has 12 nitrogen and oxygen atoms in total. The van der Waals surface area contributed by atoms with Crippen LogP contribution in [0.1, 0.15) is 51.9 Å². The second-order valence-corrected chi connectivity index (χ2v) is 9.30. The summed E-state index contributed by atoms with van der Waals surface area (Å²) in [4.78, 5) is 23.8. The monoisotopic (exact) mass is 499 g/mol. The highest BCUT2D eigenvalue weighted by Gasteiger charge is 2.45. The molecule has 1 aliphatic heterocycles. The van der Waals surface area contributed by atoms with Crippen LogP contribution in [-0.4, -0.2) is 96.0 Å². The fourth-order valence-electron chi connectivity index (χ4n) is 3.05. The average molecular weight is 500 g/mol. The molecule has 6 atom stereocenters. The van der Waals surface area contributed by atoms with E-state index in [0.29, 0.717) is 12.8 Å². The van der Waals surface area contributed by atoms with Crippen LogP contribution in [0.2, 0.25) is 0 Å². The summed E-state index contributed by atoms with van der Waals surface area (Å²) in [5, 5.41) is 30.0. The van der Waals surface area contributed by atoms with E-state index in [1.165, 1.54) is 0 Å². The van der Waals surface area contributed by atoms with Gasteiger partial charge in [-0.15, -0.1) is 0 Å². The highest BCUT2D eigenvalue weighted by atomic mass is 32.2. The fourth-order valence-corrected chi connectivity index (χ4v) is 3.74. The van der Waals surface area contributed by atoms with Crippen molar-refractivity contribution in [3.05, 3.63) is 6.92 Å². The summed E-state index contributed by atoms with van der Waals surface area (Å²) in [6.45, 7) is 4.76. The molecule has 0 unspecified atom stereocenters. The van der Waals surface area contributed by atoms with Gasteiger partial charge in [0.05, 0.1) is 6.61 Å². The van der Waals surface area contributed by atoms with Crippen LogP contribution in [0.4, 0.5) is 0 Å². The first kappa shape index (κ1) is 29.7. The van der Waals surface area contributed by atoms with Crippen molar-refractivity contribution in [1.29, 1.82) is 0 Å². The van der Waals surface area contributed by atoms with Crippen LogP contribution in [0.25, 0.3) is 0 Å². The number of ether oxygens (including phenoxy) is 4. The maximum atomic E-state index is 12.1. The van der Waals surface area contributed by atoms with Gasteiger partial charge < -0.3 is 41.2 Å². The predicted octanol–water partition coefficient (Wildman–Crippen LogP) is -0.262. The second-order valence-electron chi connectivity index (χ2n) is 7.81. The quantitative estimate of drug-likeness (QED) is 0.100. The maximum Gasteiger partial charge on any atom is 0.306 e. The molecule has 33 heavy (non-hydrogen) atoms. The van der Waals surface area contributed by atoms with E-state index < -0.39 is 71.2 Å². The van der Waals surface area contributed by atoms with E-state index in [0.717, 1.165) is 19.3 Å². The van der Waals surface area contributed by atoms with E-state index in [2.05, 4.69) is 6.92 Å². The van der Waals surface area contributed by atoms with Gasteiger partial charge >= 0.3 is 11.9 Å². The number of unbranched alkanes of at least 4 members (excludes halogenated alkanes) is 3. The Morgan fingerprint density at radius 3 is 2.30 bits per heavy atom. The molecule has 0 bridgehead atoms. The number of carbonyl (C=O) groups is 2. The Hall–Kier alpha value is -1.35. The van der Waals surface area contributed by atoms with Gasteiger partial charge in [-0.25, -0.2) is 0 Å². The van der Waals surface area contributed by atoms with Gasteiger partial charge in [-0.3, -0.25) is 14.1 Å². The zero-order chi connectivity index (χ0) is 25.0. The first-order valence-corrected chi connectivity index (χ1v) is 12.5. The Labute approximate surface area is 193 Å². The SMILES string of the molecule is [CH2-]CCCCCC(=O)O[C@H](COC(=O)CCC)CO[C@H]1O[C@H](CS(=O)(=O)O)[C@@H](O)[C@H](O)[C@H]1O. The summed E-state index contributed by atoms with van der Waals surface area (Å²) in [5.41, 5.74) is 0. The van der Waals surface area contributed by atoms with Crippen molar-refractivity contribution in [3.8, 4) is 0 Å². The van der Waals surface area contributed by atoms with Crippen LogP contribution in [0, 0.1) is 6.92 Å². The minimum Gasteiger partial charge on any atom is -0.462 e. The smallest absolute Gasteiger partial charge is 0.306 e. The minimum atomic E-state index is -4.57. The summed E-state index contributed by atoms with van der Waals surface area (Å²) < 4.78 is 52.2. The van der Waals surface area contributed by atoms with Crippen LogP contribution < -0.4 is 0 Å². The first-order chi connectivity index (χ1) is 15.5. The molecule has 0 aromatic rings. The van der Waals surface area contributed by atoms with E-state index >= 15 is 0 Å². The van der Waals surface area contributed by atoms with Gasteiger partial charge in [-0.05, 0) is 12.8 Å². The van der Waals surface area contributed by atoms with Gasteiger partial charge in [0, 0.05) is 12.8 Å². The summed E-state index contributed by atoms with van der Waals surface area (Å²) in [6, 6.07) is 0. The zero-order valence-corrected chi connectivity index (χ0v) is 19.5. The molecule has 0 spiro atoms. The van der Waals surface area contributed by atoms with Crippen LogP contribution in [0.3, 0.4) is 0 Å².